The molecule has 0 heterocycles. The average molecular weight is 372 g/mol. The van der Waals surface area contributed by atoms with Gasteiger partial charge in [-0.3, -0.25) is 0 Å². The smallest absolute Gasteiger partial charge is 0.0585 e. The van der Waals surface area contributed by atoms with Crippen LogP contribution in [0.2, 0.25) is 0 Å². The van der Waals surface area contributed by atoms with Crippen LogP contribution in [-0.2, 0) is 4.74 Å². The summed E-state index contributed by atoms with van der Waals surface area (Å²) >= 11 is 0. The molecule has 2 aliphatic rings. The lowest BCUT2D eigenvalue weighted by Gasteiger charge is -2.44. The second-order valence-electron chi connectivity index (χ2n) is 9.70. The second kappa shape index (κ2) is 14.0. The topological polar surface area (TPSA) is 21.3 Å². The summed E-state index contributed by atoms with van der Waals surface area (Å²) < 4.78 is 5.90. The molecule has 0 amide bonds. The normalized spacial score (nSPS) is 22.4. The minimum atomic E-state index is 0. The molecule has 2 rings (SSSR count). The molecule has 2 aliphatic carbocycles. The standard InChI is InChI=1S/C13H26O.C9H19N.2CH4/c1-6-7-14-11-8-12(2,3)10-13(4,5)9-11;1-2-8-10-9-6-4-3-5-7-9;;/h11H,6-10H2,1-5H3;9-10H,2-8H2,1H3;2*1H4. The van der Waals surface area contributed by atoms with E-state index in [4.69, 9.17) is 4.74 Å². The Morgan fingerprint density at radius 3 is 1.85 bits per heavy atom. The zero-order valence-corrected chi connectivity index (χ0v) is 17.5. The van der Waals surface area contributed by atoms with E-state index in [0.29, 0.717) is 16.9 Å². The predicted molar refractivity (Wildman–Crippen MR) is 120 cm³/mol. The molecule has 0 aromatic rings. The number of nitrogens with one attached hydrogen (secondary N) is 1. The van der Waals surface area contributed by atoms with Crippen molar-refractivity contribution in [1.29, 1.82) is 0 Å². The number of ether oxygens (including phenoxy) is 1. The van der Waals surface area contributed by atoms with Gasteiger partial charge in [-0.15, -0.1) is 0 Å². The van der Waals surface area contributed by atoms with Gasteiger partial charge in [0.1, 0.15) is 0 Å². The molecule has 1 N–H and O–H groups in total. The Morgan fingerprint density at radius 2 is 1.38 bits per heavy atom. The second-order valence-corrected chi connectivity index (χ2v) is 9.70. The maximum Gasteiger partial charge on any atom is 0.0585 e. The largest absolute Gasteiger partial charge is 0.378 e. The quantitative estimate of drug-likeness (QED) is 0.518. The van der Waals surface area contributed by atoms with Gasteiger partial charge in [0, 0.05) is 12.6 Å². The number of hydrogen-bond acceptors (Lipinski definition) is 2. The van der Waals surface area contributed by atoms with Gasteiger partial charge >= 0.3 is 0 Å². The summed E-state index contributed by atoms with van der Waals surface area (Å²) in [5.41, 5.74) is 0.917. The van der Waals surface area contributed by atoms with E-state index in [9.17, 15) is 0 Å². The van der Waals surface area contributed by atoms with Crippen LogP contribution >= 0.6 is 0 Å². The van der Waals surface area contributed by atoms with E-state index in [0.717, 1.165) is 19.1 Å². The Hall–Kier alpha value is -0.0800. The van der Waals surface area contributed by atoms with Crippen molar-refractivity contribution in [1.82, 2.24) is 5.32 Å². The van der Waals surface area contributed by atoms with Crippen LogP contribution in [0, 0.1) is 10.8 Å². The Bertz CT molecular complexity index is 302. The van der Waals surface area contributed by atoms with Crippen LogP contribution in [0.25, 0.3) is 0 Å². The Balaban J connectivity index is 0. The van der Waals surface area contributed by atoms with Crippen LogP contribution in [0.1, 0.15) is 121 Å². The molecule has 2 fully saturated rings. The highest BCUT2D eigenvalue weighted by molar-refractivity contribution is 4.89. The van der Waals surface area contributed by atoms with E-state index in [2.05, 4.69) is 46.9 Å². The van der Waals surface area contributed by atoms with E-state index < -0.39 is 0 Å². The van der Waals surface area contributed by atoms with E-state index in [1.165, 1.54) is 64.3 Å². The van der Waals surface area contributed by atoms with Crippen LogP contribution < -0.4 is 5.32 Å². The fourth-order valence-electron chi connectivity index (χ4n) is 4.80. The first-order chi connectivity index (χ1) is 11.3. The van der Waals surface area contributed by atoms with Gasteiger partial charge < -0.3 is 10.1 Å². The van der Waals surface area contributed by atoms with E-state index >= 15 is 0 Å². The van der Waals surface area contributed by atoms with Gasteiger partial charge in [0.25, 0.3) is 0 Å². The molecule has 2 nitrogen and oxygen atoms in total. The van der Waals surface area contributed by atoms with Gasteiger partial charge in [0.05, 0.1) is 6.10 Å². The first-order valence-corrected chi connectivity index (χ1v) is 10.6. The highest BCUT2D eigenvalue weighted by Gasteiger charge is 2.38. The summed E-state index contributed by atoms with van der Waals surface area (Å²) in [6.07, 6.45) is 13.9. The molecule has 0 spiro atoms. The van der Waals surface area contributed by atoms with E-state index in [1.54, 1.807) is 0 Å². The molecule has 0 bridgehead atoms. The third-order valence-electron chi connectivity index (χ3n) is 5.36. The highest BCUT2D eigenvalue weighted by Crippen LogP contribution is 2.46. The summed E-state index contributed by atoms with van der Waals surface area (Å²) in [7, 11) is 0. The first kappa shape index (κ1) is 28.1. The summed E-state index contributed by atoms with van der Waals surface area (Å²) in [4.78, 5) is 0. The van der Waals surface area contributed by atoms with Crippen LogP contribution in [-0.4, -0.2) is 25.3 Å². The molecular formula is C24H53NO. The van der Waals surface area contributed by atoms with Gasteiger partial charge in [-0.1, -0.05) is 75.7 Å². The summed E-state index contributed by atoms with van der Waals surface area (Å²) in [6.45, 7) is 16.0. The zero-order valence-electron chi connectivity index (χ0n) is 17.5. The van der Waals surface area contributed by atoms with Crippen molar-refractivity contribution in [2.24, 2.45) is 10.8 Å². The summed E-state index contributed by atoms with van der Waals surface area (Å²) in [5.74, 6) is 0. The van der Waals surface area contributed by atoms with Crippen LogP contribution in [0.4, 0.5) is 0 Å². The lowest BCUT2D eigenvalue weighted by Crippen LogP contribution is -2.38. The van der Waals surface area contributed by atoms with Gasteiger partial charge in [-0.05, 0) is 62.3 Å². The van der Waals surface area contributed by atoms with Crippen molar-refractivity contribution in [3.63, 3.8) is 0 Å². The SMILES string of the molecule is C.C.CCCNC1CCCCC1.CCCOC1CC(C)(C)CC(C)(C)C1. The Labute approximate surface area is 167 Å². The monoisotopic (exact) mass is 371 g/mol. The van der Waals surface area contributed by atoms with Crippen molar-refractivity contribution >= 4 is 0 Å². The maximum atomic E-state index is 5.90. The minimum absolute atomic E-state index is 0. The van der Waals surface area contributed by atoms with Crippen LogP contribution in [0.5, 0.6) is 0 Å². The van der Waals surface area contributed by atoms with Gasteiger partial charge in [-0.2, -0.15) is 0 Å². The van der Waals surface area contributed by atoms with Crippen molar-refractivity contribution in [3.8, 4) is 0 Å². The van der Waals surface area contributed by atoms with Crippen molar-refractivity contribution in [2.45, 2.75) is 133 Å². The summed E-state index contributed by atoms with van der Waals surface area (Å²) in [6, 6.07) is 0.855. The molecule has 0 aliphatic heterocycles. The van der Waals surface area contributed by atoms with Crippen LogP contribution in [0.3, 0.4) is 0 Å². The van der Waals surface area contributed by atoms with Gasteiger partial charge in [-0.25, -0.2) is 0 Å². The molecule has 26 heavy (non-hydrogen) atoms. The fourth-order valence-corrected chi connectivity index (χ4v) is 4.80. The molecule has 0 unspecified atom stereocenters. The molecule has 2 saturated carbocycles. The Morgan fingerprint density at radius 1 is 0.846 bits per heavy atom. The van der Waals surface area contributed by atoms with Crippen LogP contribution in [0.15, 0.2) is 0 Å². The number of hydrogen-bond donors (Lipinski definition) is 1. The predicted octanol–water partition coefficient (Wildman–Crippen LogP) is 7.61. The number of rotatable bonds is 6. The molecule has 0 saturated heterocycles. The average Bonchev–Trinajstić information content (AvgIpc) is 2.49. The molecular weight excluding hydrogens is 318 g/mol. The molecule has 160 valence electrons. The molecule has 0 aromatic heterocycles. The first-order valence-electron chi connectivity index (χ1n) is 10.6. The third kappa shape index (κ3) is 12.3. The van der Waals surface area contributed by atoms with Crippen molar-refractivity contribution in [3.05, 3.63) is 0 Å². The molecule has 0 atom stereocenters. The highest BCUT2D eigenvalue weighted by atomic mass is 16.5. The molecule has 0 aromatic carbocycles. The molecule has 0 radical (unpaired) electrons. The summed E-state index contributed by atoms with van der Waals surface area (Å²) in [5, 5.41) is 3.57. The van der Waals surface area contributed by atoms with E-state index in [-0.39, 0.29) is 14.9 Å². The van der Waals surface area contributed by atoms with Gasteiger partial charge in [0.2, 0.25) is 0 Å². The maximum absolute atomic E-state index is 5.90. The zero-order chi connectivity index (χ0) is 18.1. The third-order valence-corrected chi connectivity index (χ3v) is 5.36. The van der Waals surface area contributed by atoms with Crippen molar-refractivity contribution < 1.29 is 4.74 Å². The van der Waals surface area contributed by atoms with E-state index in [1.807, 2.05) is 0 Å². The van der Waals surface area contributed by atoms with Crippen molar-refractivity contribution in [2.75, 3.05) is 13.2 Å². The Kier molecular flexibility index (Phi) is 15.1. The molecule has 2 heteroatoms. The lowest BCUT2D eigenvalue weighted by molar-refractivity contribution is -0.0485. The minimum Gasteiger partial charge on any atom is -0.378 e. The lowest BCUT2D eigenvalue weighted by atomic mass is 9.64. The van der Waals surface area contributed by atoms with Gasteiger partial charge in [0.15, 0.2) is 0 Å². The fraction of sp³-hybridized carbons (Fsp3) is 1.00.